The van der Waals surface area contributed by atoms with E-state index in [1.54, 1.807) is 7.11 Å². The Morgan fingerprint density at radius 1 is 1.36 bits per heavy atom. The minimum Gasteiger partial charge on any atom is -0.383 e. The first kappa shape index (κ1) is 15.8. The monoisotopic (exact) mass is 322 g/mol. The molecule has 0 atom stereocenters. The van der Waals surface area contributed by atoms with Crippen LogP contribution in [-0.4, -0.2) is 62.1 Å². The topological polar surface area (TPSA) is 32.8 Å². The Labute approximate surface area is 137 Å². The van der Waals surface area contributed by atoms with Gasteiger partial charge >= 0.3 is 0 Å². The molecule has 120 valence electrons. The fraction of sp³-hybridized carbons (Fsp3) is 0.588. The molecule has 0 bridgehead atoms. The van der Waals surface area contributed by atoms with Crippen molar-refractivity contribution < 1.29 is 9.53 Å². The van der Waals surface area contributed by atoms with E-state index in [2.05, 4.69) is 4.90 Å². The van der Waals surface area contributed by atoms with Crippen molar-refractivity contribution in [3.05, 3.63) is 34.3 Å². The second-order valence-corrected chi connectivity index (χ2v) is 7.00. The molecule has 0 N–H and O–H groups in total. The summed E-state index contributed by atoms with van der Waals surface area (Å²) < 4.78 is 5.15. The summed E-state index contributed by atoms with van der Waals surface area (Å²) in [7, 11) is 1.74. The molecule has 0 aliphatic carbocycles. The molecular formula is C17H23ClN2O2. The van der Waals surface area contributed by atoms with Crippen molar-refractivity contribution in [1.82, 2.24) is 9.80 Å². The lowest BCUT2D eigenvalue weighted by molar-refractivity contribution is 0.00964. The summed E-state index contributed by atoms with van der Waals surface area (Å²) in [6.45, 7) is 7.59. The number of carbonyl (C=O) groups excluding carboxylic acids is 1. The van der Waals surface area contributed by atoms with Gasteiger partial charge in [0, 0.05) is 49.3 Å². The maximum atomic E-state index is 12.6. The Morgan fingerprint density at radius 2 is 2.14 bits per heavy atom. The number of rotatable bonds is 4. The molecule has 4 nitrogen and oxygen atoms in total. The van der Waals surface area contributed by atoms with E-state index < -0.39 is 0 Å². The molecule has 1 spiro atoms. The minimum absolute atomic E-state index is 0.112. The second kappa shape index (κ2) is 6.19. The molecule has 0 aromatic heterocycles. The second-order valence-electron chi connectivity index (χ2n) is 6.59. The highest BCUT2D eigenvalue weighted by molar-refractivity contribution is 6.31. The summed E-state index contributed by atoms with van der Waals surface area (Å²) in [6.07, 6.45) is 1.18. The van der Waals surface area contributed by atoms with E-state index in [4.69, 9.17) is 16.3 Å². The van der Waals surface area contributed by atoms with Crippen molar-refractivity contribution in [3.8, 4) is 0 Å². The third kappa shape index (κ3) is 2.87. The number of hydrogen-bond acceptors (Lipinski definition) is 3. The largest absolute Gasteiger partial charge is 0.383 e. The molecule has 0 radical (unpaired) electrons. The summed E-state index contributed by atoms with van der Waals surface area (Å²) >= 11 is 6.12. The van der Waals surface area contributed by atoms with E-state index in [9.17, 15) is 4.79 Å². The molecule has 2 saturated heterocycles. The maximum Gasteiger partial charge on any atom is 0.254 e. The Bertz CT molecular complexity index is 570. The van der Waals surface area contributed by atoms with Gasteiger partial charge in [0.2, 0.25) is 0 Å². The van der Waals surface area contributed by atoms with Gasteiger partial charge in [-0.2, -0.15) is 0 Å². The Balaban J connectivity index is 1.59. The zero-order valence-corrected chi connectivity index (χ0v) is 14.0. The molecule has 1 aromatic rings. The summed E-state index contributed by atoms with van der Waals surface area (Å²) in [5.74, 6) is 0.112. The summed E-state index contributed by atoms with van der Waals surface area (Å²) in [5, 5.41) is 0.660. The first-order chi connectivity index (χ1) is 10.5. The third-order valence-electron chi connectivity index (χ3n) is 4.97. The van der Waals surface area contributed by atoms with Crippen molar-refractivity contribution >= 4 is 17.5 Å². The Kier molecular flexibility index (Phi) is 4.44. The van der Waals surface area contributed by atoms with Crippen LogP contribution in [0.2, 0.25) is 5.02 Å². The van der Waals surface area contributed by atoms with Crippen molar-refractivity contribution in [2.75, 3.05) is 46.4 Å². The van der Waals surface area contributed by atoms with Crippen LogP contribution in [0.1, 0.15) is 22.3 Å². The van der Waals surface area contributed by atoms with Gasteiger partial charge in [-0.3, -0.25) is 4.79 Å². The SMILES string of the molecule is COCCN1CCC2(C1)CN(C(=O)c1cccc(Cl)c1C)C2. The van der Waals surface area contributed by atoms with Crippen molar-refractivity contribution in [2.24, 2.45) is 5.41 Å². The van der Waals surface area contributed by atoms with Crippen LogP contribution in [-0.2, 0) is 4.74 Å². The van der Waals surface area contributed by atoms with Gasteiger partial charge in [-0.15, -0.1) is 0 Å². The Hall–Kier alpha value is -1.10. The molecule has 0 unspecified atom stereocenters. The fourth-order valence-electron chi connectivity index (χ4n) is 3.61. The molecule has 1 aromatic carbocycles. The lowest BCUT2D eigenvalue weighted by atomic mass is 9.78. The molecule has 2 heterocycles. The van der Waals surface area contributed by atoms with Crippen molar-refractivity contribution in [2.45, 2.75) is 13.3 Å². The summed E-state index contributed by atoms with van der Waals surface area (Å²) in [6, 6.07) is 5.55. The average Bonchev–Trinajstić information content (AvgIpc) is 2.90. The van der Waals surface area contributed by atoms with E-state index >= 15 is 0 Å². The van der Waals surface area contributed by atoms with Gasteiger partial charge in [-0.05, 0) is 37.6 Å². The van der Waals surface area contributed by atoms with Crippen molar-refractivity contribution in [3.63, 3.8) is 0 Å². The van der Waals surface area contributed by atoms with Gasteiger partial charge in [0.1, 0.15) is 0 Å². The highest BCUT2D eigenvalue weighted by atomic mass is 35.5. The van der Waals surface area contributed by atoms with E-state index in [1.165, 1.54) is 6.42 Å². The van der Waals surface area contributed by atoms with Crippen LogP contribution in [0.5, 0.6) is 0 Å². The number of methoxy groups -OCH3 is 1. The number of carbonyl (C=O) groups is 1. The van der Waals surface area contributed by atoms with Crippen LogP contribution >= 0.6 is 11.6 Å². The van der Waals surface area contributed by atoms with Gasteiger partial charge in [-0.25, -0.2) is 0 Å². The standard InChI is InChI=1S/C17H23ClN2O2/c1-13-14(4-3-5-15(13)18)16(21)20-11-17(12-20)6-7-19(10-17)8-9-22-2/h3-5H,6-12H2,1-2H3. The predicted molar refractivity (Wildman–Crippen MR) is 87.5 cm³/mol. The van der Waals surface area contributed by atoms with E-state index in [1.807, 2.05) is 30.0 Å². The van der Waals surface area contributed by atoms with Gasteiger partial charge < -0.3 is 14.5 Å². The number of halogens is 1. The van der Waals surface area contributed by atoms with Gasteiger partial charge in [-0.1, -0.05) is 17.7 Å². The maximum absolute atomic E-state index is 12.6. The summed E-state index contributed by atoms with van der Waals surface area (Å²) in [4.78, 5) is 17.0. The molecule has 0 saturated carbocycles. The van der Waals surface area contributed by atoms with E-state index in [0.29, 0.717) is 10.4 Å². The molecule has 2 aliphatic heterocycles. The molecule has 5 heteroatoms. The van der Waals surface area contributed by atoms with E-state index in [-0.39, 0.29) is 5.91 Å². The third-order valence-corrected chi connectivity index (χ3v) is 5.38. The highest BCUT2D eigenvalue weighted by Gasteiger charge is 2.49. The van der Waals surface area contributed by atoms with E-state index in [0.717, 1.165) is 50.5 Å². The fourth-order valence-corrected chi connectivity index (χ4v) is 3.79. The van der Waals surface area contributed by atoms with Crippen LogP contribution in [0.15, 0.2) is 18.2 Å². The molecule has 1 amide bonds. The lowest BCUT2D eigenvalue weighted by Gasteiger charge is -2.48. The average molecular weight is 323 g/mol. The van der Waals surface area contributed by atoms with Gasteiger partial charge in [0.25, 0.3) is 5.91 Å². The normalized spacial score (nSPS) is 20.4. The Morgan fingerprint density at radius 3 is 2.86 bits per heavy atom. The molecule has 2 aliphatic rings. The number of nitrogens with zero attached hydrogens (tertiary/aromatic N) is 2. The molecule has 22 heavy (non-hydrogen) atoms. The zero-order valence-electron chi connectivity index (χ0n) is 13.3. The number of ether oxygens (including phenoxy) is 1. The minimum atomic E-state index is 0.112. The quantitative estimate of drug-likeness (QED) is 0.853. The highest BCUT2D eigenvalue weighted by Crippen LogP contribution is 2.40. The van der Waals surface area contributed by atoms with Crippen LogP contribution in [0.25, 0.3) is 0 Å². The number of hydrogen-bond donors (Lipinski definition) is 0. The number of likely N-dealkylation sites (tertiary alicyclic amines) is 2. The lowest BCUT2D eigenvalue weighted by Crippen LogP contribution is -2.59. The smallest absolute Gasteiger partial charge is 0.254 e. The first-order valence-electron chi connectivity index (χ1n) is 7.80. The molecule has 3 rings (SSSR count). The number of benzene rings is 1. The van der Waals surface area contributed by atoms with Gasteiger partial charge in [0.15, 0.2) is 0 Å². The van der Waals surface area contributed by atoms with Crippen LogP contribution in [0.4, 0.5) is 0 Å². The van der Waals surface area contributed by atoms with Crippen molar-refractivity contribution in [1.29, 1.82) is 0 Å². The number of amides is 1. The summed E-state index contributed by atoms with van der Waals surface area (Å²) in [5.41, 5.74) is 1.91. The predicted octanol–water partition coefficient (Wildman–Crippen LogP) is 2.44. The first-order valence-corrected chi connectivity index (χ1v) is 8.18. The van der Waals surface area contributed by atoms with Gasteiger partial charge in [0.05, 0.1) is 6.61 Å². The molecule has 2 fully saturated rings. The zero-order chi connectivity index (χ0) is 15.7. The van der Waals surface area contributed by atoms with Crippen LogP contribution < -0.4 is 0 Å². The van der Waals surface area contributed by atoms with Crippen LogP contribution in [0, 0.1) is 12.3 Å². The van der Waals surface area contributed by atoms with Crippen LogP contribution in [0.3, 0.4) is 0 Å². The molecular weight excluding hydrogens is 300 g/mol.